The van der Waals surface area contributed by atoms with Crippen LogP contribution in [0.25, 0.3) is 0 Å². The molecule has 1 heterocycles. The summed E-state index contributed by atoms with van der Waals surface area (Å²) in [5, 5.41) is 11.1. The van der Waals surface area contributed by atoms with E-state index in [4.69, 9.17) is 11.6 Å². The minimum Gasteiger partial charge on any atom is -0.388 e. The molecule has 1 aliphatic carbocycles. The van der Waals surface area contributed by atoms with E-state index in [1.54, 1.807) is 13.8 Å². The van der Waals surface area contributed by atoms with Crippen LogP contribution in [-0.4, -0.2) is 27.6 Å². The highest BCUT2D eigenvalue weighted by atomic mass is 127. The lowest BCUT2D eigenvalue weighted by atomic mass is 9.93. The number of nitrogens with zero attached hydrogens (tertiary/aromatic N) is 1. The van der Waals surface area contributed by atoms with Crippen LogP contribution in [0.15, 0.2) is 12.1 Å². The maximum atomic E-state index is 12.7. The summed E-state index contributed by atoms with van der Waals surface area (Å²) in [6.45, 7) is 4.14. The van der Waals surface area contributed by atoms with Gasteiger partial charge in [0.25, 0.3) is 5.91 Å². The van der Waals surface area contributed by atoms with Crippen molar-refractivity contribution in [1.82, 2.24) is 4.90 Å². The highest BCUT2D eigenvalue weighted by Gasteiger charge is 2.48. The number of rotatable bonds is 3. The van der Waals surface area contributed by atoms with Gasteiger partial charge in [0.2, 0.25) is 0 Å². The van der Waals surface area contributed by atoms with Crippen LogP contribution in [0.3, 0.4) is 0 Å². The average Bonchev–Trinajstić information content (AvgIpc) is 3.03. The fourth-order valence-electron chi connectivity index (χ4n) is 3.24. The Balaban J connectivity index is 1.99. The zero-order valence-electron chi connectivity index (χ0n) is 11.5. The van der Waals surface area contributed by atoms with Gasteiger partial charge in [0.05, 0.1) is 17.2 Å². The van der Waals surface area contributed by atoms with Crippen molar-refractivity contribution in [3.05, 3.63) is 31.9 Å². The number of carbonyl (C=O) groups excluding carboxylic acids is 1. The zero-order chi connectivity index (χ0) is 14.7. The van der Waals surface area contributed by atoms with Crippen molar-refractivity contribution in [2.75, 3.05) is 0 Å². The molecule has 108 valence electrons. The Morgan fingerprint density at radius 3 is 2.65 bits per heavy atom. The number of hydrogen-bond acceptors (Lipinski definition) is 2. The number of carbonyl (C=O) groups is 1. The molecule has 0 aromatic heterocycles. The van der Waals surface area contributed by atoms with Crippen molar-refractivity contribution in [2.24, 2.45) is 5.92 Å². The molecule has 1 saturated carbocycles. The van der Waals surface area contributed by atoms with E-state index in [1.165, 1.54) is 0 Å². The minimum absolute atomic E-state index is 0.0279. The summed E-state index contributed by atoms with van der Waals surface area (Å²) in [4.78, 5) is 14.6. The molecule has 1 atom stereocenters. The molecule has 1 aromatic rings. The molecule has 3 nitrogen and oxygen atoms in total. The van der Waals surface area contributed by atoms with Gasteiger partial charge in [-0.2, -0.15) is 0 Å². The molecular formula is C15H17ClINO2. The zero-order valence-corrected chi connectivity index (χ0v) is 14.4. The maximum absolute atomic E-state index is 12.7. The molecule has 20 heavy (non-hydrogen) atoms. The molecule has 0 saturated heterocycles. The molecule has 1 aliphatic heterocycles. The Kier molecular flexibility index (Phi) is 3.54. The lowest BCUT2D eigenvalue weighted by Gasteiger charge is -2.37. The molecule has 1 fully saturated rings. The molecule has 1 amide bonds. The van der Waals surface area contributed by atoms with Crippen LogP contribution < -0.4 is 0 Å². The first-order chi connectivity index (χ1) is 9.29. The first-order valence-corrected chi connectivity index (χ1v) is 8.26. The topological polar surface area (TPSA) is 40.5 Å². The first-order valence-electron chi connectivity index (χ1n) is 6.80. The van der Waals surface area contributed by atoms with Gasteiger partial charge in [-0.1, -0.05) is 11.6 Å². The summed E-state index contributed by atoms with van der Waals surface area (Å²) in [6, 6.07) is 3.57. The fourth-order valence-corrected chi connectivity index (χ4v) is 4.58. The van der Waals surface area contributed by atoms with Gasteiger partial charge in [-0.15, -0.1) is 0 Å². The van der Waals surface area contributed by atoms with Gasteiger partial charge in [0.1, 0.15) is 0 Å². The monoisotopic (exact) mass is 405 g/mol. The number of amides is 1. The molecule has 0 spiro atoms. The van der Waals surface area contributed by atoms with Crippen LogP contribution in [0.4, 0.5) is 0 Å². The van der Waals surface area contributed by atoms with E-state index in [9.17, 15) is 9.90 Å². The Labute approximate surface area is 137 Å². The molecule has 1 N–H and O–H groups in total. The molecule has 1 aromatic carbocycles. The number of benzene rings is 1. The van der Waals surface area contributed by atoms with Crippen LogP contribution in [0.2, 0.25) is 5.02 Å². The third-order valence-electron chi connectivity index (χ3n) is 4.08. The predicted molar refractivity (Wildman–Crippen MR) is 86.9 cm³/mol. The number of fused-ring (bicyclic) bond motifs is 1. The van der Waals surface area contributed by atoms with E-state index >= 15 is 0 Å². The summed E-state index contributed by atoms with van der Waals surface area (Å²) >= 11 is 8.24. The van der Waals surface area contributed by atoms with Crippen molar-refractivity contribution in [2.45, 2.75) is 44.9 Å². The average molecular weight is 406 g/mol. The van der Waals surface area contributed by atoms with E-state index in [-0.39, 0.29) is 11.9 Å². The van der Waals surface area contributed by atoms with Gasteiger partial charge < -0.3 is 10.0 Å². The van der Waals surface area contributed by atoms with E-state index in [0.717, 1.165) is 27.5 Å². The maximum Gasteiger partial charge on any atom is 0.255 e. The van der Waals surface area contributed by atoms with E-state index in [1.807, 2.05) is 17.0 Å². The highest BCUT2D eigenvalue weighted by Crippen LogP contribution is 2.43. The fraction of sp³-hybridized carbons (Fsp3) is 0.533. The molecule has 3 rings (SSSR count). The van der Waals surface area contributed by atoms with E-state index in [2.05, 4.69) is 22.6 Å². The number of aliphatic hydroxyl groups is 1. The van der Waals surface area contributed by atoms with Crippen molar-refractivity contribution >= 4 is 40.1 Å². The van der Waals surface area contributed by atoms with Crippen LogP contribution in [0, 0.1) is 9.49 Å². The van der Waals surface area contributed by atoms with Crippen molar-refractivity contribution in [1.29, 1.82) is 0 Å². The Morgan fingerprint density at radius 1 is 1.45 bits per heavy atom. The quantitative estimate of drug-likeness (QED) is 0.783. The van der Waals surface area contributed by atoms with Gasteiger partial charge in [0.15, 0.2) is 0 Å². The lowest BCUT2D eigenvalue weighted by Crippen LogP contribution is -2.51. The highest BCUT2D eigenvalue weighted by molar-refractivity contribution is 14.1. The summed E-state index contributed by atoms with van der Waals surface area (Å²) in [7, 11) is 0. The van der Waals surface area contributed by atoms with Crippen molar-refractivity contribution < 1.29 is 9.90 Å². The Bertz CT molecular complexity index is 578. The summed E-state index contributed by atoms with van der Waals surface area (Å²) < 4.78 is 0.892. The van der Waals surface area contributed by atoms with Gasteiger partial charge in [-0.25, -0.2) is 0 Å². The van der Waals surface area contributed by atoms with Gasteiger partial charge >= 0.3 is 0 Å². The standard InChI is InChI=1S/C15H17ClINO2/c1-15(2,20)13(8-3-4-8)18-7-9-5-10(16)6-11(17)12(9)14(18)19/h5-6,8,13,20H,3-4,7H2,1-2H3. The molecule has 0 bridgehead atoms. The van der Waals surface area contributed by atoms with Gasteiger partial charge in [0, 0.05) is 15.1 Å². The number of halogens is 2. The van der Waals surface area contributed by atoms with Gasteiger partial charge in [-0.05, 0) is 72.9 Å². The normalized spacial score (nSPS) is 20.2. The number of hydrogen-bond donors (Lipinski definition) is 1. The van der Waals surface area contributed by atoms with Crippen LogP contribution in [-0.2, 0) is 6.54 Å². The largest absolute Gasteiger partial charge is 0.388 e. The third-order valence-corrected chi connectivity index (χ3v) is 5.15. The molecule has 5 heteroatoms. The molecule has 0 radical (unpaired) electrons. The van der Waals surface area contributed by atoms with Gasteiger partial charge in [-0.3, -0.25) is 4.79 Å². The van der Waals surface area contributed by atoms with Crippen molar-refractivity contribution in [3.8, 4) is 0 Å². The first kappa shape index (κ1) is 14.6. The van der Waals surface area contributed by atoms with Crippen LogP contribution >= 0.6 is 34.2 Å². The SMILES string of the molecule is CC(C)(O)C(C1CC1)N1Cc2cc(Cl)cc(I)c2C1=O. The second-order valence-corrected chi connectivity index (χ2v) is 7.89. The summed E-state index contributed by atoms with van der Waals surface area (Å²) in [6.07, 6.45) is 2.18. The smallest absolute Gasteiger partial charge is 0.255 e. The van der Waals surface area contributed by atoms with Crippen LogP contribution in [0.1, 0.15) is 42.6 Å². The predicted octanol–water partition coefficient (Wildman–Crippen LogP) is 3.45. The molecule has 1 unspecified atom stereocenters. The summed E-state index contributed by atoms with van der Waals surface area (Å²) in [5.41, 5.74) is 0.848. The Hall–Kier alpha value is -0.330. The molecular weight excluding hydrogens is 389 g/mol. The lowest BCUT2D eigenvalue weighted by molar-refractivity contribution is -0.0224. The Morgan fingerprint density at radius 2 is 2.10 bits per heavy atom. The van der Waals surface area contributed by atoms with Crippen molar-refractivity contribution in [3.63, 3.8) is 0 Å². The second kappa shape index (κ2) is 4.85. The second-order valence-electron chi connectivity index (χ2n) is 6.29. The van der Waals surface area contributed by atoms with E-state index < -0.39 is 5.60 Å². The summed E-state index contributed by atoms with van der Waals surface area (Å²) in [5.74, 6) is 0.446. The third kappa shape index (κ3) is 2.46. The van der Waals surface area contributed by atoms with E-state index in [0.29, 0.717) is 17.5 Å². The molecule has 2 aliphatic rings. The van der Waals surface area contributed by atoms with Crippen LogP contribution in [0.5, 0.6) is 0 Å². The minimum atomic E-state index is -0.881.